The van der Waals surface area contributed by atoms with Crippen LogP contribution >= 0.6 is 0 Å². The number of benzene rings is 1. The molecule has 0 aromatic heterocycles. The van der Waals surface area contributed by atoms with E-state index in [1.165, 1.54) is 18.6 Å². The number of hydrogen-bond donors (Lipinski definition) is 3. The van der Waals surface area contributed by atoms with Gasteiger partial charge in [0, 0.05) is 13.1 Å². The lowest BCUT2D eigenvalue weighted by Gasteiger charge is -2.35. The summed E-state index contributed by atoms with van der Waals surface area (Å²) in [5, 5.41) is 15.6. The molecule has 2 atom stereocenters. The first kappa shape index (κ1) is 33.3. The predicted molar refractivity (Wildman–Crippen MR) is 152 cm³/mol. The number of carbonyl (C=O) groups excluding carboxylic acids is 3. The van der Waals surface area contributed by atoms with E-state index in [1.807, 2.05) is 20.8 Å². The molecule has 0 heterocycles. The second-order valence-electron chi connectivity index (χ2n) is 11.3. The molecule has 2 unspecified atom stereocenters. The van der Waals surface area contributed by atoms with Gasteiger partial charge in [-0.1, -0.05) is 78.4 Å². The summed E-state index contributed by atoms with van der Waals surface area (Å²) in [6.45, 7) is 14.1. The lowest BCUT2D eigenvalue weighted by molar-refractivity contribution is -0.143. The maximum absolute atomic E-state index is 14.1. The second-order valence-corrected chi connectivity index (χ2v) is 11.3. The van der Waals surface area contributed by atoms with Gasteiger partial charge in [0.1, 0.15) is 23.4 Å². The minimum Gasteiger partial charge on any atom is -0.508 e. The van der Waals surface area contributed by atoms with Gasteiger partial charge in [-0.05, 0) is 57.2 Å². The summed E-state index contributed by atoms with van der Waals surface area (Å²) in [6, 6.07) is 4.63. The SMILES string of the molecule is CCCCCCCCN(C(=O)C(NC(=O)OC(C)(C)C)C(C)C)C(C(=O)NCCCC)c1ccc(O)cc1. The smallest absolute Gasteiger partial charge is 0.408 e. The third-order valence-corrected chi connectivity index (χ3v) is 6.24. The number of carbonyl (C=O) groups is 3. The molecule has 0 saturated heterocycles. The molecule has 8 nitrogen and oxygen atoms in total. The first-order valence-corrected chi connectivity index (χ1v) is 14.3. The molecule has 0 aliphatic heterocycles. The number of phenolic OH excluding ortho intramolecular Hbond substituents is 1. The lowest BCUT2D eigenvalue weighted by atomic mass is 9.98. The largest absolute Gasteiger partial charge is 0.508 e. The quantitative estimate of drug-likeness (QED) is 0.223. The van der Waals surface area contributed by atoms with Crippen molar-refractivity contribution in [3.05, 3.63) is 29.8 Å². The molecular formula is C30H51N3O5. The second kappa shape index (κ2) is 16.9. The Labute approximate surface area is 229 Å². The maximum Gasteiger partial charge on any atom is 0.408 e. The maximum atomic E-state index is 14.1. The molecule has 1 aromatic rings. The number of ether oxygens (including phenoxy) is 1. The normalized spacial score (nSPS) is 13.1. The molecular weight excluding hydrogens is 482 g/mol. The number of amides is 3. The van der Waals surface area contributed by atoms with Crippen LogP contribution in [-0.2, 0) is 14.3 Å². The molecule has 216 valence electrons. The van der Waals surface area contributed by atoms with Crippen molar-refractivity contribution < 1.29 is 24.2 Å². The number of aromatic hydroxyl groups is 1. The number of hydrogen-bond acceptors (Lipinski definition) is 5. The molecule has 38 heavy (non-hydrogen) atoms. The summed E-state index contributed by atoms with van der Waals surface area (Å²) in [5.74, 6) is -0.753. The first-order chi connectivity index (χ1) is 17.9. The third kappa shape index (κ3) is 12.2. The van der Waals surface area contributed by atoms with E-state index >= 15 is 0 Å². The summed E-state index contributed by atoms with van der Waals surface area (Å²) in [6.07, 6.45) is 7.29. The lowest BCUT2D eigenvalue weighted by Crippen LogP contribution is -2.55. The Bertz CT molecular complexity index is 848. The average molecular weight is 534 g/mol. The van der Waals surface area contributed by atoms with Crippen molar-refractivity contribution in [2.45, 2.75) is 118 Å². The van der Waals surface area contributed by atoms with Crippen LogP contribution in [0, 0.1) is 5.92 Å². The molecule has 8 heteroatoms. The number of nitrogens with one attached hydrogen (secondary N) is 2. The van der Waals surface area contributed by atoms with Crippen LogP contribution < -0.4 is 10.6 Å². The van der Waals surface area contributed by atoms with Crippen LogP contribution in [0.5, 0.6) is 5.75 Å². The average Bonchev–Trinajstić information content (AvgIpc) is 2.83. The van der Waals surface area contributed by atoms with Gasteiger partial charge in [-0.25, -0.2) is 4.79 Å². The topological polar surface area (TPSA) is 108 Å². The van der Waals surface area contributed by atoms with Crippen LogP contribution in [0.25, 0.3) is 0 Å². The Balaban J connectivity index is 3.35. The van der Waals surface area contributed by atoms with E-state index in [4.69, 9.17) is 4.74 Å². The number of rotatable bonds is 16. The highest BCUT2D eigenvalue weighted by atomic mass is 16.6. The van der Waals surface area contributed by atoms with E-state index in [0.717, 1.165) is 44.9 Å². The van der Waals surface area contributed by atoms with Crippen molar-refractivity contribution in [2.24, 2.45) is 5.92 Å². The minimum absolute atomic E-state index is 0.0827. The zero-order valence-corrected chi connectivity index (χ0v) is 24.6. The van der Waals surface area contributed by atoms with E-state index in [-0.39, 0.29) is 23.5 Å². The number of phenols is 1. The van der Waals surface area contributed by atoms with Gasteiger partial charge < -0.3 is 25.4 Å². The molecule has 1 rings (SSSR count). The van der Waals surface area contributed by atoms with Crippen LogP contribution in [0.4, 0.5) is 4.79 Å². The van der Waals surface area contributed by atoms with Crippen LogP contribution in [0.2, 0.25) is 0 Å². The van der Waals surface area contributed by atoms with E-state index < -0.39 is 23.8 Å². The van der Waals surface area contributed by atoms with Crippen molar-refractivity contribution in [1.29, 1.82) is 0 Å². The predicted octanol–water partition coefficient (Wildman–Crippen LogP) is 6.09. The number of alkyl carbamates (subject to hydrolysis) is 1. The van der Waals surface area contributed by atoms with Crippen molar-refractivity contribution in [3.63, 3.8) is 0 Å². The van der Waals surface area contributed by atoms with Crippen molar-refractivity contribution >= 4 is 17.9 Å². The van der Waals surface area contributed by atoms with E-state index in [9.17, 15) is 19.5 Å². The Morgan fingerprint density at radius 1 is 0.921 bits per heavy atom. The molecule has 0 saturated carbocycles. The Morgan fingerprint density at radius 3 is 2.05 bits per heavy atom. The number of unbranched alkanes of at least 4 members (excludes halogenated alkanes) is 6. The van der Waals surface area contributed by atoms with Gasteiger partial charge in [0.2, 0.25) is 11.8 Å². The van der Waals surface area contributed by atoms with E-state index in [1.54, 1.807) is 37.8 Å². The summed E-state index contributed by atoms with van der Waals surface area (Å²) < 4.78 is 5.43. The summed E-state index contributed by atoms with van der Waals surface area (Å²) >= 11 is 0. The minimum atomic E-state index is -0.891. The molecule has 0 bridgehead atoms. The van der Waals surface area contributed by atoms with Gasteiger partial charge in [-0.3, -0.25) is 9.59 Å². The van der Waals surface area contributed by atoms with Crippen LogP contribution in [-0.4, -0.2) is 52.6 Å². The molecule has 0 spiro atoms. The molecule has 3 amide bonds. The molecule has 0 aliphatic carbocycles. The van der Waals surface area contributed by atoms with Crippen molar-refractivity contribution in [2.75, 3.05) is 13.1 Å². The highest BCUT2D eigenvalue weighted by Crippen LogP contribution is 2.26. The zero-order chi connectivity index (χ0) is 28.7. The third-order valence-electron chi connectivity index (χ3n) is 6.24. The van der Waals surface area contributed by atoms with Gasteiger partial charge in [-0.2, -0.15) is 0 Å². The monoisotopic (exact) mass is 533 g/mol. The molecule has 3 N–H and O–H groups in total. The zero-order valence-electron chi connectivity index (χ0n) is 24.6. The Morgan fingerprint density at radius 2 is 1.50 bits per heavy atom. The van der Waals surface area contributed by atoms with Crippen molar-refractivity contribution in [1.82, 2.24) is 15.5 Å². The molecule has 0 aliphatic rings. The van der Waals surface area contributed by atoms with E-state index in [2.05, 4.69) is 17.6 Å². The Kier molecular flexibility index (Phi) is 14.8. The van der Waals surface area contributed by atoms with Crippen LogP contribution in [0.1, 0.15) is 111 Å². The van der Waals surface area contributed by atoms with Crippen LogP contribution in [0.3, 0.4) is 0 Å². The van der Waals surface area contributed by atoms with Gasteiger partial charge in [0.05, 0.1) is 0 Å². The standard InChI is InChI=1S/C30H51N3O5/c1-8-10-12-13-14-15-21-33(28(36)25(22(3)4)32-29(37)38-30(5,6)7)26(27(35)31-20-11-9-2)23-16-18-24(34)19-17-23/h16-19,22,25-26,34H,8-15,20-21H2,1-7H3,(H,31,35)(H,32,37). The fourth-order valence-electron chi connectivity index (χ4n) is 4.17. The molecule has 0 radical (unpaired) electrons. The first-order valence-electron chi connectivity index (χ1n) is 14.3. The Hall–Kier alpha value is -2.77. The van der Waals surface area contributed by atoms with Gasteiger partial charge >= 0.3 is 6.09 Å². The summed E-state index contributed by atoms with van der Waals surface area (Å²) in [7, 11) is 0. The number of nitrogens with zero attached hydrogens (tertiary/aromatic N) is 1. The van der Waals surface area contributed by atoms with Crippen molar-refractivity contribution in [3.8, 4) is 5.75 Å². The summed E-state index contributed by atoms with van der Waals surface area (Å²) in [5.41, 5.74) is -0.100. The van der Waals surface area contributed by atoms with Gasteiger partial charge in [0.25, 0.3) is 0 Å². The summed E-state index contributed by atoms with van der Waals surface area (Å²) in [4.78, 5) is 41.9. The molecule has 0 fully saturated rings. The highest BCUT2D eigenvalue weighted by molar-refractivity contribution is 5.92. The van der Waals surface area contributed by atoms with E-state index in [0.29, 0.717) is 18.7 Å². The van der Waals surface area contributed by atoms with Gasteiger partial charge in [-0.15, -0.1) is 0 Å². The molecule has 1 aromatic carbocycles. The fraction of sp³-hybridized carbons (Fsp3) is 0.700. The fourth-order valence-corrected chi connectivity index (χ4v) is 4.17. The van der Waals surface area contributed by atoms with Crippen LogP contribution in [0.15, 0.2) is 24.3 Å². The highest BCUT2D eigenvalue weighted by Gasteiger charge is 2.37. The van der Waals surface area contributed by atoms with Gasteiger partial charge in [0.15, 0.2) is 0 Å².